The van der Waals surface area contributed by atoms with E-state index in [0.29, 0.717) is 0 Å². The van der Waals surface area contributed by atoms with E-state index < -0.39 is 51.1 Å². The van der Waals surface area contributed by atoms with Gasteiger partial charge in [0.05, 0.1) is 17.8 Å². The summed E-state index contributed by atoms with van der Waals surface area (Å²) in [6, 6.07) is 5.25. The number of ether oxygens (including phenoxy) is 3. The molecule has 1 aromatic carbocycles. The molecule has 232 valence electrons. The lowest BCUT2D eigenvalue weighted by molar-refractivity contribution is -0.384. The van der Waals surface area contributed by atoms with Gasteiger partial charge in [0.2, 0.25) is 0 Å². The van der Waals surface area contributed by atoms with Crippen molar-refractivity contribution in [1.29, 1.82) is 0 Å². The maximum Gasteiger partial charge on any atom is 0.407 e. The lowest BCUT2D eigenvalue weighted by Crippen LogP contribution is -2.39. The van der Waals surface area contributed by atoms with Gasteiger partial charge in [-0.25, -0.2) is 9.59 Å². The zero-order valence-corrected chi connectivity index (χ0v) is 25.7. The highest BCUT2D eigenvalue weighted by Crippen LogP contribution is 2.23. The summed E-state index contributed by atoms with van der Waals surface area (Å²) in [5.74, 6) is -1.15. The van der Waals surface area contributed by atoms with Gasteiger partial charge in [0.1, 0.15) is 17.0 Å². The maximum absolute atomic E-state index is 12.0. The van der Waals surface area contributed by atoms with Crippen molar-refractivity contribution >= 4 is 29.8 Å². The van der Waals surface area contributed by atoms with Gasteiger partial charge in [-0.1, -0.05) is 27.7 Å². The van der Waals surface area contributed by atoms with Crippen LogP contribution in [-0.2, 0) is 19.1 Å². The molecule has 0 fully saturated rings. The number of carboxylic acids is 1. The number of carbonyl (C=O) groups excluding carboxylic acids is 3. The molecule has 0 aliphatic carbocycles. The molecule has 1 aromatic rings. The normalized spacial score (nSPS) is 11.8. The van der Waals surface area contributed by atoms with Crippen molar-refractivity contribution in [1.82, 2.24) is 10.6 Å². The minimum absolute atomic E-state index is 0.00278. The molecular formula is C28H45N3O10. The van der Waals surface area contributed by atoms with Gasteiger partial charge >= 0.3 is 24.1 Å². The monoisotopic (exact) mass is 583 g/mol. The van der Waals surface area contributed by atoms with Crippen LogP contribution in [-0.4, -0.2) is 58.4 Å². The standard InChI is InChI=1S/C17H24N2O6.C11H21NO4/c1-16(2,3)25-15(21)18-11-17(4,5)10-14(20)24-13-8-6-12(7-9-13)19(22)23;1-10(2,3)16-9(15)12-7-11(4,5)6-8(13)14/h6-9H,10-11H2,1-5H3,(H,18,21);6-7H2,1-5H3,(H,12,15)(H,13,14). The summed E-state index contributed by atoms with van der Waals surface area (Å²) in [4.78, 5) is 55.6. The number of aliphatic carboxylic acids is 1. The Balaban J connectivity index is 0.000000865. The zero-order valence-electron chi connectivity index (χ0n) is 25.7. The first-order valence-corrected chi connectivity index (χ1v) is 13.0. The molecule has 2 amide bonds. The number of nitro benzene ring substituents is 1. The fourth-order valence-corrected chi connectivity index (χ4v) is 2.98. The molecule has 3 N–H and O–H groups in total. The largest absolute Gasteiger partial charge is 0.481 e. The molecule has 41 heavy (non-hydrogen) atoms. The summed E-state index contributed by atoms with van der Waals surface area (Å²) < 4.78 is 15.4. The van der Waals surface area contributed by atoms with E-state index in [1.165, 1.54) is 24.3 Å². The summed E-state index contributed by atoms with van der Waals surface area (Å²) in [6.45, 7) is 18.3. The molecule has 0 heterocycles. The number of non-ortho nitro benzene ring substituents is 1. The van der Waals surface area contributed by atoms with Crippen LogP contribution in [0.4, 0.5) is 15.3 Å². The quantitative estimate of drug-likeness (QED) is 0.138. The third-order valence-electron chi connectivity index (χ3n) is 4.75. The van der Waals surface area contributed by atoms with Crippen LogP contribution in [0.15, 0.2) is 24.3 Å². The highest BCUT2D eigenvalue weighted by molar-refractivity contribution is 5.73. The number of benzene rings is 1. The number of hydrogen-bond acceptors (Lipinski definition) is 9. The van der Waals surface area contributed by atoms with E-state index in [-0.39, 0.29) is 37.4 Å². The molecule has 0 aliphatic rings. The lowest BCUT2D eigenvalue weighted by atomic mass is 9.89. The number of carbonyl (C=O) groups is 4. The van der Waals surface area contributed by atoms with Gasteiger partial charge in [0.25, 0.3) is 5.69 Å². The molecule has 0 spiro atoms. The van der Waals surface area contributed by atoms with Crippen LogP contribution in [0, 0.1) is 20.9 Å². The first kappa shape index (κ1) is 37.1. The third kappa shape index (κ3) is 19.8. The van der Waals surface area contributed by atoms with Gasteiger partial charge in [0.15, 0.2) is 0 Å². The molecule has 0 bridgehead atoms. The van der Waals surface area contributed by atoms with Crippen molar-refractivity contribution in [2.75, 3.05) is 13.1 Å². The highest BCUT2D eigenvalue weighted by Gasteiger charge is 2.26. The molecule has 1 rings (SSSR count). The topological polar surface area (TPSA) is 183 Å². The van der Waals surface area contributed by atoms with Gasteiger partial charge in [-0.05, 0) is 64.5 Å². The van der Waals surface area contributed by atoms with Crippen molar-refractivity contribution < 1.29 is 43.4 Å². The van der Waals surface area contributed by atoms with Crippen LogP contribution in [0.1, 0.15) is 82.1 Å². The summed E-state index contributed by atoms with van der Waals surface area (Å²) in [5, 5.41) is 24.4. The predicted molar refractivity (Wildman–Crippen MR) is 152 cm³/mol. The fraction of sp³-hybridized carbons (Fsp3) is 0.643. The van der Waals surface area contributed by atoms with Crippen molar-refractivity contribution in [2.45, 2.75) is 93.3 Å². The van der Waals surface area contributed by atoms with Crippen LogP contribution in [0.3, 0.4) is 0 Å². The molecule has 13 nitrogen and oxygen atoms in total. The van der Waals surface area contributed by atoms with E-state index >= 15 is 0 Å². The van der Waals surface area contributed by atoms with Crippen LogP contribution in [0.2, 0.25) is 0 Å². The average Bonchev–Trinajstić information content (AvgIpc) is 2.74. The zero-order chi connectivity index (χ0) is 32.2. The molecule has 0 saturated carbocycles. The number of alkyl carbamates (subject to hydrolysis) is 2. The Bertz CT molecular complexity index is 1050. The molecule has 0 radical (unpaired) electrons. The van der Waals surface area contributed by atoms with Gasteiger partial charge in [0, 0.05) is 25.2 Å². The number of nitro groups is 1. The van der Waals surface area contributed by atoms with Crippen molar-refractivity contribution in [3.63, 3.8) is 0 Å². The maximum atomic E-state index is 12.0. The number of esters is 1. The van der Waals surface area contributed by atoms with E-state index in [9.17, 15) is 29.3 Å². The first-order chi connectivity index (χ1) is 18.4. The Kier molecular flexibility index (Phi) is 13.8. The number of hydrogen-bond donors (Lipinski definition) is 3. The number of carboxylic acid groups (broad SMARTS) is 1. The predicted octanol–water partition coefficient (Wildman–Crippen LogP) is 5.45. The van der Waals surface area contributed by atoms with Crippen LogP contribution >= 0.6 is 0 Å². The van der Waals surface area contributed by atoms with Gasteiger partial charge in [-0.3, -0.25) is 19.7 Å². The van der Waals surface area contributed by atoms with E-state index in [2.05, 4.69) is 10.6 Å². The second-order valence-electron chi connectivity index (χ2n) is 13.0. The number of rotatable bonds is 10. The van der Waals surface area contributed by atoms with Crippen LogP contribution in [0.25, 0.3) is 0 Å². The van der Waals surface area contributed by atoms with Crippen LogP contribution < -0.4 is 15.4 Å². The average molecular weight is 584 g/mol. The third-order valence-corrected chi connectivity index (χ3v) is 4.75. The minimum Gasteiger partial charge on any atom is -0.481 e. The lowest BCUT2D eigenvalue weighted by Gasteiger charge is -2.25. The molecule has 0 saturated heterocycles. The van der Waals surface area contributed by atoms with Gasteiger partial charge < -0.3 is 30.0 Å². The van der Waals surface area contributed by atoms with Crippen molar-refractivity contribution in [3.8, 4) is 5.75 Å². The number of nitrogens with zero attached hydrogens (tertiary/aromatic N) is 1. The molecule has 0 aliphatic heterocycles. The Morgan fingerprint density at radius 1 is 0.756 bits per heavy atom. The Hall–Kier alpha value is -3.90. The van der Waals surface area contributed by atoms with Crippen LogP contribution in [0.5, 0.6) is 5.75 Å². The SMILES string of the molecule is CC(C)(CNC(=O)OC(C)(C)C)CC(=O)O.CC(C)(CNC(=O)OC(C)(C)C)CC(=O)Oc1ccc([N+](=O)[O-])cc1. The molecule has 0 atom stereocenters. The number of amides is 2. The van der Waals surface area contributed by atoms with E-state index in [1.54, 1.807) is 55.4 Å². The van der Waals surface area contributed by atoms with Crippen molar-refractivity contribution in [3.05, 3.63) is 34.4 Å². The second-order valence-corrected chi connectivity index (χ2v) is 13.0. The molecule has 13 heteroatoms. The summed E-state index contributed by atoms with van der Waals surface area (Å²) in [6.07, 6.45) is -1.02. The van der Waals surface area contributed by atoms with E-state index in [4.69, 9.17) is 19.3 Å². The Labute approximate surface area is 241 Å². The van der Waals surface area contributed by atoms with Gasteiger partial charge in [-0.15, -0.1) is 0 Å². The highest BCUT2D eigenvalue weighted by atomic mass is 16.6. The van der Waals surface area contributed by atoms with E-state index in [0.717, 1.165) is 0 Å². The molecule has 0 unspecified atom stereocenters. The van der Waals surface area contributed by atoms with Gasteiger partial charge in [-0.2, -0.15) is 0 Å². The smallest absolute Gasteiger partial charge is 0.407 e. The van der Waals surface area contributed by atoms with Crippen molar-refractivity contribution in [2.24, 2.45) is 10.8 Å². The molecule has 0 aromatic heterocycles. The summed E-state index contributed by atoms with van der Waals surface area (Å²) in [5.41, 5.74) is -2.25. The second kappa shape index (κ2) is 15.2. The molecular weight excluding hydrogens is 538 g/mol. The Morgan fingerprint density at radius 2 is 1.15 bits per heavy atom. The number of nitrogens with one attached hydrogen (secondary N) is 2. The fourth-order valence-electron chi connectivity index (χ4n) is 2.98. The minimum atomic E-state index is -0.879. The summed E-state index contributed by atoms with van der Waals surface area (Å²) in [7, 11) is 0. The summed E-state index contributed by atoms with van der Waals surface area (Å²) >= 11 is 0. The first-order valence-electron chi connectivity index (χ1n) is 13.0. The van der Waals surface area contributed by atoms with E-state index in [1.807, 2.05) is 13.8 Å². The Morgan fingerprint density at radius 3 is 1.49 bits per heavy atom.